The van der Waals surface area contributed by atoms with Gasteiger partial charge in [-0.15, -0.1) is 0 Å². The summed E-state index contributed by atoms with van der Waals surface area (Å²) in [6.45, 7) is 0.669. The summed E-state index contributed by atoms with van der Waals surface area (Å²) < 4.78 is 0. The zero-order valence-electron chi connectivity index (χ0n) is 9.91. The van der Waals surface area contributed by atoms with Crippen molar-refractivity contribution in [2.24, 2.45) is 5.73 Å². The number of nitrogens with two attached hydrogens (primary N) is 1. The van der Waals surface area contributed by atoms with Crippen LogP contribution in [0.3, 0.4) is 0 Å². The molecule has 6 heteroatoms. The summed E-state index contributed by atoms with van der Waals surface area (Å²) >= 11 is 0. The van der Waals surface area contributed by atoms with Crippen LogP contribution in [0.25, 0.3) is 0 Å². The van der Waals surface area contributed by atoms with E-state index < -0.39 is 0 Å². The third-order valence-electron chi connectivity index (χ3n) is 3.11. The molecular formula is C11H19N5O. The average molecular weight is 237 g/mol. The maximum atomic E-state index is 10.6. The van der Waals surface area contributed by atoms with Crippen LogP contribution in [0.5, 0.6) is 0 Å². The molecule has 1 fully saturated rings. The first-order valence-corrected chi connectivity index (χ1v) is 6.16. The van der Waals surface area contributed by atoms with E-state index in [1.54, 1.807) is 0 Å². The molecule has 1 heterocycles. The standard InChI is InChI=1S/C11H19N5O/c12-9(17)6-13-7-10-14-11(16-15-10)8-4-2-1-3-5-8/h8,13H,1-7H2,(H2,12,17)(H,14,15,16). The van der Waals surface area contributed by atoms with E-state index in [1.165, 1.54) is 32.1 Å². The van der Waals surface area contributed by atoms with Gasteiger partial charge in [0.05, 0.1) is 13.1 Å². The monoisotopic (exact) mass is 237 g/mol. The molecule has 1 amide bonds. The molecule has 0 radical (unpaired) electrons. The highest BCUT2D eigenvalue weighted by molar-refractivity contribution is 5.75. The number of hydrogen-bond donors (Lipinski definition) is 3. The Balaban J connectivity index is 1.84. The third kappa shape index (κ3) is 3.52. The Morgan fingerprint density at radius 3 is 2.88 bits per heavy atom. The highest BCUT2D eigenvalue weighted by Gasteiger charge is 2.19. The van der Waals surface area contributed by atoms with E-state index in [2.05, 4.69) is 20.5 Å². The third-order valence-corrected chi connectivity index (χ3v) is 3.11. The number of nitrogens with one attached hydrogen (secondary N) is 2. The van der Waals surface area contributed by atoms with E-state index >= 15 is 0 Å². The second-order valence-corrected chi connectivity index (χ2v) is 4.55. The molecule has 1 aliphatic carbocycles. The van der Waals surface area contributed by atoms with E-state index in [0.717, 1.165) is 11.6 Å². The summed E-state index contributed by atoms with van der Waals surface area (Å²) in [5.74, 6) is 1.83. The van der Waals surface area contributed by atoms with E-state index in [1.807, 2.05) is 0 Å². The van der Waals surface area contributed by atoms with Gasteiger partial charge in [-0.05, 0) is 12.8 Å². The Hall–Kier alpha value is -1.43. The molecule has 0 atom stereocenters. The first kappa shape index (κ1) is 12.0. The first-order valence-electron chi connectivity index (χ1n) is 6.16. The smallest absolute Gasteiger partial charge is 0.231 e. The van der Waals surface area contributed by atoms with Crippen molar-refractivity contribution in [3.8, 4) is 0 Å². The summed E-state index contributed by atoms with van der Waals surface area (Å²) in [5, 5.41) is 10.1. The van der Waals surface area contributed by atoms with Crippen LogP contribution in [0, 0.1) is 0 Å². The highest BCUT2D eigenvalue weighted by Crippen LogP contribution is 2.30. The minimum absolute atomic E-state index is 0.166. The van der Waals surface area contributed by atoms with Crippen molar-refractivity contribution in [2.75, 3.05) is 6.54 Å². The number of amides is 1. The van der Waals surface area contributed by atoms with Crippen LogP contribution in [0.1, 0.15) is 49.7 Å². The number of aromatic nitrogens is 3. The van der Waals surface area contributed by atoms with Gasteiger partial charge in [0.1, 0.15) is 5.82 Å². The number of H-pyrrole nitrogens is 1. The van der Waals surface area contributed by atoms with E-state index in [0.29, 0.717) is 12.5 Å². The number of carbonyl (C=O) groups is 1. The normalized spacial score (nSPS) is 17.2. The molecule has 1 aromatic rings. The predicted octanol–water partition coefficient (Wildman–Crippen LogP) is 0.427. The summed E-state index contributed by atoms with van der Waals surface area (Å²) in [6, 6.07) is 0. The zero-order valence-corrected chi connectivity index (χ0v) is 9.91. The quantitative estimate of drug-likeness (QED) is 0.691. The number of hydrogen-bond acceptors (Lipinski definition) is 4. The molecule has 2 rings (SSSR count). The molecule has 0 bridgehead atoms. The average Bonchev–Trinajstić information content (AvgIpc) is 2.78. The van der Waals surface area contributed by atoms with Gasteiger partial charge in [-0.1, -0.05) is 19.3 Å². The van der Waals surface area contributed by atoms with Crippen molar-refractivity contribution in [3.63, 3.8) is 0 Å². The van der Waals surface area contributed by atoms with Crippen molar-refractivity contribution in [3.05, 3.63) is 11.6 Å². The summed E-state index contributed by atoms with van der Waals surface area (Å²) in [7, 11) is 0. The molecule has 0 aromatic carbocycles. The molecule has 1 aromatic heterocycles. The highest BCUT2D eigenvalue weighted by atomic mass is 16.1. The van der Waals surface area contributed by atoms with Crippen LogP contribution in [0.4, 0.5) is 0 Å². The Bertz CT molecular complexity index is 370. The number of primary amides is 1. The molecule has 1 aliphatic rings. The summed E-state index contributed by atoms with van der Waals surface area (Å²) in [5.41, 5.74) is 5.03. The van der Waals surface area contributed by atoms with Gasteiger partial charge in [0.15, 0.2) is 5.82 Å². The molecule has 94 valence electrons. The van der Waals surface area contributed by atoms with Gasteiger partial charge in [-0.25, -0.2) is 4.98 Å². The first-order chi connectivity index (χ1) is 8.25. The SMILES string of the molecule is NC(=O)CNCc1nc(C2CCCCC2)n[nH]1. The van der Waals surface area contributed by atoms with Crippen LogP contribution >= 0.6 is 0 Å². The fraction of sp³-hybridized carbons (Fsp3) is 0.727. The fourth-order valence-corrected chi connectivity index (χ4v) is 2.24. The minimum Gasteiger partial charge on any atom is -0.369 e. The number of nitrogens with zero attached hydrogens (tertiary/aromatic N) is 2. The Morgan fingerprint density at radius 1 is 1.41 bits per heavy atom. The number of aromatic amines is 1. The van der Waals surface area contributed by atoms with Gasteiger partial charge in [-0.3, -0.25) is 9.89 Å². The molecule has 6 nitrogen and oxygen atoms in total. The number of carbonyl (C=O) groups excluding carboxylic acids is 1. The number of rotatable bonds is 5. The lowest BCUT2D eigenvalue weighted by molar-refractivity contribution is -0.117. The van der Waals surface area contributed by atoms with Gasteiger partial charge < -0.3 is 11.1 Å². The molecule has 17 heavy (non-hydrogen) atoms. The molecule has 0 aliphatic heterocycles. The van der Waals surface area contributed by atoms with Crippen LogP contribution in [-0.4, -0.2) is 27.6 Å². The van der Waals surface area contributed by atoms with Crippen molar-refractivity contribution in [1.29, 1.82) is 0 Å². The summed E-state index contributed by atoms with van der Waals surface area (Å²) in [4.78, 5) is 15.0. The van der Waals surface area contributed by atoms with Crippen LogP contribution in [0.15, 0.2) is 0 Å². The van der Waals surface area contributed by atoms with Crippen LogP contribution < -0.4 is 11.1 Å². The molecule has 4 N–H and O–H groups in total. The second kappa shape index (κ2) is 5.77. The Labute approximate surface area is 100 Å². The summed E-state index contributed by atoms with van der Waals surface area (Å²) in [6.07, 6.45) is 6.24. The molecule has 1 saturated carbocycles. The van der Waals surface area contributed by atoms with Gasteiger partial charge in [0.2, 0.25) is 5.91 Å². The topological polar surface area (TPSA) is 96.7 Å². The van der Waals surface area contributed by atoms with Crippen LogP contribution in [0.2, 0.25) is 0 Å². The molecule has 0 unspecified atom stereocenters. The predicted molar refractivity (Wildman–Crippen MR) is 63.1 cm³/mol. The lowest BCUT2D eigenvalue weighted by atomic mass is 9.89. The maximum Gasteiger partial charge on any atom is 0.231 e. The maximum absolute atomic E-state index is 10.6. The van der Waals surface area contributed by atoms with E-state index in [-0.39, 0.29) is 12.5 Å². The Kier molecular flexibility index (Phi) is 4.08. The van der Waals surface area contributed by atoms with Crippen LogP contribution in [-0.2, 0) is 11.3 Å². The van der Waals surface area contributed by atoms with Crippen molar-refractivity contribution < 1.29 is 4.79 Å². The van der Waals surface area contributed by atoms with Gasteiger partial charge in [0.25, 0.3) is 0 Å². The molecule has 0 saturated heterocycles. The van der Waals surface area contributed by atoms with Crippen molar-refractivity contribution in [2.45, 2.75) is 44.6 Å². The van der Waals surface area contributed by atoms with Crippen molar-refractivity contribution in [1.82, 2.24) is 20.5 Å². The van der Waals surface area contributed by atoms with Crippen molar-refractivity contribution >= 4 is 5.91 Å². The van der Waals surface area contributed by atoms with Gasteiger partial charge >= 0.3 is 0 Å². The lowest BCUT2D eigenvalue weighted by Gasteiger charge is -2.17. The lowest BCUT2D eigenvalue weighted by Crippen LogP contribution is -2.28. The van der Waals surface area contributed by atoms with E-state index in [9.17, 15) is 4.79 Å². The van der Waals surface area contributed by atoms with Gasteiger partial charge in [0, 0.05) is 5.92 Å². The fourth-order valence-electron chi connectivity index (χ4n) is 2.24. The van der Waals surface area contributed by atoms with E-state index in [4.69, 9.17) is 5.73 Å². The van der Waals surface area contributed by atoms with Gasteiger partial charge in [-0.2, -0.15) is 5.10 Å². The Morgan fingerprint density at radius 2 is 2.18 bits per heavy atom. The molecule has 0 spiro atoms. The zero-order chi connectivity index (χ0) is 12.1. The second-order valence-electron chi connectivity index (χ2n) is 4.55. The largest absolute Gasteiger partial charge is 0.369 e. The minimum atomic E-state index is -0.364. The molecular weight excluding hydrogens is 218 g/mol.